The lowest BCUT2D eigenvalue weighted by molar-refractivity contribution is -0.297. The summed E-state index contributed by atoms with van der Waals surface area (Å²) in [5.41, 5.74) is 2.59. The van der Waals surface area contributed by atoms with Gasteiger partial charge in [0.25, 0.3) is 0 Å². The van der Waals surface area contributed by atoms with Crippen LogP contribution in [0, 0.1) is 0 Å². The largest absolute Gasteiger partial charge is 0.545 e. The molecule has 27 heavy (non-hydrogen) atoms. The summed E-state index contributed by atoms with van der Waals surface area (Å²) in [5.74, 6) is -1.22. The molecule has 130 valence electrons. The molecule has 3 nitrogen and oxygen atoms in total. The molecule has 3 heteroatoms. The highest BCUT2D eigenvalue weighted by Gasteiger charge is 2.05. The van der Waals surface area contributed by atoms with E-state index >= 15 is 0 Å². The average molecular weight is 350 g/mol. The van der Waals surface area contributed by atoms with E-state index in [4.69, 9.17) is 0 Å². The monoisotopic (exact) mass is 350 g/mol. The summed E-state index contributed by atoms with van der Waals surface area (Å²) in [7, 11) is 0. The minimum atomic E-state index is -1.22. The van der Waals surface area contributed by atoms with Gasteiger partial charge in [0.15, 0.2) is 0 Å². The maximum atomic E-state index is 10.6. The van der Waals surface area contributed by atoms with E-state index in [9.17, 15) is 9.90 Å². The van der Waals surface area contributed by atoms with E-state index in [-0.39, 0.29) is 0 Å². The highest BCUT2D eigenvalue weighted by Crippen LogP contribution is 2.28. The van der Waals surface area contributed by atoms with Gasteiger partial charge >= 0.3 is 0 Å². The van der Waals surface area contributed by atoms with Crippen molar-refractivity contribution in [2.75, 3.05) is 0 Å². The minimum Gasteiger partial charge on any atom is -0.545 e. The topological polar surface area (TPSA) is 52.5 Å². The molecule has 0 fully saturated rings. The van der Waals surface area contributed by atoms with Crippen LogP contribution in [-0.2, 0) is 4.79 Å². The molecule has 0 aliphatic rings. The van der Waals surface area contributed by atoms with Gasteiger partial charge in [-0.15, -0.1) is 0 Å². The first kappa shape index (κ1) is 16.7. The lowest BCUT2D eigenvalue weighted by Crippen LogP contribution is -2.18. The van der Waals surface area contributed by atoms with E-state index in [1.165, 1.54) is 16.8 Å². The predicted octanol–water partition coefficient (Wildman–Crippen LogP) is 4.51. The molecule has 0 saturated carbocycles. The van der Waals surface area contributed by atoms with Gasteiger partial charge in [-0.05, 0) is 51.4 Å². The molecule has 0 aromatic heterocycles. The molecular formula is C24H16NO2-. The van der Waals surface area contributed by atoms with E-state index in [2.05, 4.69) is 35.3 Å². The van der Waals surface area contributed by atoms with Crippen LogP contribution in [0.5, 0.6) is 0 Å². The fourth-order valence-corrected chi connectivity index (χ4v) is 3.20. The summed E-state index contributed by atoms with van der Waals surface area (Å²) >= 11 is 0. The number of rotatable bonds is 4. The van der Waals surface area contributed by atoms with Gasteiger partial charge in [0.2, 0.25) is 0 Å². The molecule has 0 radical (unpaired) electrons. The van der Waals surface area contributed by atoms with Crippen molar-refractivity contribution in [3.63, 3.8) is 0 Å². The van der Waals surface area contributed by atoms with Gasteiger partial charge in [0, 0.05) is 11.8 Å². The molecule has 0 amide bonds. The van der Waals surface area contributed by atoms with Gasteiger partial charge in [-0.1, -0.05) is 66.7 Å². The number of fused-ring (bicyclic) bond motifs is 2. The lowest BCUT2D eigenvalue weighted by atomic mass is 9.97. The van der Waals surface area contributed by atoms with Crippen molar-refractivity contribution in [3.05, 3.63) is 96.1 Å². The van der Waals surface area contributed by atoms with Crippen molar-refractivity contribution < 1.29 is 9.90 Å². The van der Waals surface area contributed by atoms with Gasteiger partial charge in [-0.3, -0.25) is 4.99 Å². The third-order valence-corrected chi connectivity index (χ3v) is 4.44. The zero-order valence-electron chi connectivity index (χ0n) is 14.5. The standard InChI is InChI=1S/C24H17NO2/c26-24(27)13-12-17-6-5-9-20(14-17)25-16-23-21-10-3-1-7-18(21)15-19-8-2-4-11-22(19)23/h1-16H,(H,26,27)/p-1/b13-12+,25-16?. The number of hydrogen-bond acceptors (Lipinski definition) is 3. The SMILES string of the molecule is O=C([O-])/C=C/c1cccc(N=Cc2c3ccccc3cc3ccccc23)c1. The van der Waals surface area contributed by atoms with Crippen LogP contribution in [0.4, 0.5) is 5.69 Å². The Morgan fingerprint density at radius 3 is 2.15 bits per heavy atom. The van der Waals surface area contributed by atoms with Crippen LogP contribution in [0.15, 0.2) is 89.9 Å². The number of carbonyl (C=O) groups is 1. The number of carbonyl (C=O) groups excluding carboxylic acids is 1. The molecule has 4 aromatic carbocycles. The smallest absolute Gasteiger partial charge is 0.0643 e. The summed E-state index contributed by atoms with van der Waals surface area (Å²) < 4.78 is 0. The van der Waals surface area contributed by atoms with Crippen molar-refractivity contribution in [2.24, 2.45) is 4.99 Å². The molecule has 0 aliphatic carbocycles. The third-order valence-electron chi connectivity index (χ3n) is 4.44. The normalized spacial score (nSPS) is 11.7. The Labute approximate surface area is 156 Å². The Kier molecular flexibility index (Phi) is 4.50. The van der Waals surface area contributed by atoms with Crippen LogP contribution in [-0.4, -0.2) is 12.2 Å². The zero-order chi connectivity index (χ0) is 18.6. The quantitative estimate of drug-likeness (QED) is 0.309. The van der Waals surface area contributed by atoms with Crippen LogP contribution in [0.25, 0.3) is 27.6 Å². The molecule has 0 aliphatic heterocycles. The first-order chi connectivity index (χ1) is 13.2. The van der Waals surface area contributed by atoms with Crippen molar-refractivity contribution >= 4 is 45.5 Å². The Morgan fingerprint density at radius 2 is 1.48 bits per heavy atom. The fraction of sp³-hybridized carbons (Fsp3) is 0. The maximum absolute atomic E-state index is 10.6. The second-order valence-electron chi connectivity index (χ2n) is 6.24. The highest BCUT2D eigenvalue weighted by molar-refractivity contribution is 6.13. The Hall–Kier alpha value is -3.72. The number of nitrogens with zero attached hydrogens (tertiary/aromatic N) is 1. The van der Waals surface area contributed by atoms with E-state index in [0.717, 1.165) is 33.7 Å². The maximum Gasteiger partial charge on any atom is 0.0643 e. The highest BCUT2D eigenvalue weighted by atomic mass is 16.4. The molecule has 0 atom stereocenters. The number of carboxylic acid groups (broad SMARTS) is 1. The Bertz CT molecular complexity index is 1150. The number of aliphatic carboxylic acids is 1. The van der Waals surface area contributed by atoms with Gasteiger partial charge in [-0.2, -0.15) is 0 Å². The molecule has 4 aromatic rings. The molecule has 0 saturated heterocycles. The molecule has 4 rings (SSSR count). The fourth-order valence-electron chi connectivity index (χ4n) is 3.20. The van der Waals surface area contributed by atoms with E-state index in [1.807, 2.05) is 54.7 Å². The van der Waals surface area contributed by atoms with Crippen LogP contribution < -0.4 is 5.11 Å². The zero-order valence-corrected chi connectivity index (χ0v) is 14.5. The van der Waals surface area contributed by atoms with Crippen LogP contribution >= 0.6 is 0 Å². The summed E-state index contributed by atoms with van der Waals surface area (Å²) in [5, 5.41) is 15.2. The van der Waals surface area contributed by atoms with E-state index in [1.54, 1.807) is 0 Å². The van der Waals surface area contributed by atoms with Crippen LogP contribution in [0.3, 0.4) is 0 Å². The van der Waals surface area contributed by atoms with Crippen LogP contribution in [0.2, 0.25) is 0 Å². The first-order valence-corrected chi connectivity index (χ1v) is 8.64. The van der Waals surface area contributed by atoms with Gasteiger partial charge in [-0.25, -0.2) is 0 Å². The first-order valence-electron chi connectivity index (χ1n) is 8.64. The predicted molar refractivity (Wildman–Crippen MR) is 109 cm³/mol. The number of hydrogen-bond donors (Lipinski definition) is 0. The minimum absolute atomic E-state index is 0.757. The number of carboxylic acids is 1. The summed E-state index contributed by atoms with van der Waals surface area (Å²) in [6, 6.07) is 26.1. The Morgan fingerprint density at radius 1 is 0.815 bits per heavy atom. The third kappa shape index (κ3) is 3.62. The number of benzene rings is 4. The average Bonchev–Trinajstić information content (AvgIpc) is 2.70. The van der Waals surface area contributed by atoms with E-state index in [0.29, 0.717) is 0 Å². The van der Waals surface area contributed by atoms with Crippen molar-refractivity contribution in [1.29, 1.82) is 0 Å². The van der Waals surface area contributed by atoms with Gasteiger partial charge in [0.05, 0.1) is 11.7 Å². The number of aliphatic imine (C=N–C) groups is 1. The molecule has 0 bridgehead atoms. The molecule has 0 N–H and O–H groups in total. The second kappa shape index (κ2) is 7.26. The Balaban J connectivity index is 1.81. The van der Waals surface area contributed by atoms with E-state index < -0.39 is 5.97 Å². The summed E-state index contributed by atoms with van der Waals surface area (Å²) in [4.78, 5) is 15.2. The lowest BCUT2D eigenvalue weighted by Gasteiger charge is -2.08. The molecular weight excluding hydrogens is 334 g/mol. The van der Waals surface area contributed by atoms with Gasteiger partial charge in [0.1, 0.15) is 0 Å². The van der Waals surface area contributed by atoms with Crippen molar-refractivity contribution in [3.8, 4) is 0 Å². The molecule has 0 heterocycles. The summed E-state index contributed by atoms with van der Waals surface area (Å²) in [6.07, 6.45) is 4.40. The van der Waals surface area contributed by atoms with Crippen molar-refractivity contribution in [1.82, 2.24) is 0 Å². The van der Waals surface area contributed by atoms with Gasteiger partial charge < -0.3 is 9.90 Å². The second-order valence-corrected chi connectivity index (χ2v) is 6.24. The van der Waals surface area contributed by atoms with Crippen LogP contribution in [0.1, 0.15) is 11.1 Å². The van der Waals surface area contributed by atoms with Crippen molar-refractivity contribution in [2.45, 2.75) is 0 Å². The molecule has 0 unspecified atom stereocenters. The molecule has 0 spiro atoms. The summed E-state index contributed by atoms with van der Waals surface area (Å²) in [6.45, 7) is 0.